The van der Waals surface area contributed by atoms with E-state index in [2.05, 4.69) is 5.32 Å². The van der Waals surface area contributed by atoms with Gasteiger partial charge >= 0.3 is 6.18 Å². The molecule has 0 atom stereocenters. The van der Waals surface area contributed by atoms with Gasteiger partial charge < -0.3 is 9.73 Å². The highest BCUT2D eigenvalue weighted by molar-refractivity contribution is 7.14. The van der Waals surface area contributed by atoms with Gasteiger partial charge in [-0.2, -0.15) is 13.2 Å². The number of thiophene rings is 1. The van der Waals surface area contributed by atoms with Gasteiger partial charge in [-0.25, -0.2) is 0 Å². The molecule has 0 spiro atoms. The van der Waals surface area contributed by atoms with Crippen molar-refractivity contribution in [2.24, 2.45) is 0 Å². The van der Waals surface area contributed by atoms with E-state index in [0.29, 0.717) is 9.75 Å². The minimum Gasteiger partial charge on any atom is -0.461 e. The summed E-state index contributed by atoms with van der Waals surface area (Å²) in [6, 6.07) is 10.6. The molecule has 2 aromatic heterocycles. The van der Waals surface area contributed by atoms with Crippen molar-refractivity contribution in [1.82, 2.24) is 5.32 Å². The number of halogens is 3. The molecule has 0 aliphatic rings. The summed E-state index contributed by atoms with van der Waals surface area (Å²) in [5.41, 5.74) is -0.962. The average Bonchev–Trinajstić information content (AvgIpc) is 3.30. The highest BCUT2D eigenvalue weighted by Gasteiger charge is 2.30. The average molecular weight is 379 g/mol. The molecule has 0 saturated heterocycles. The van der Waals surface area contributed by atoms with Crippen LogP contribution in [0, 0.1) is 0 Å². The van der Waals surface area contributed by atoms with Crippen molar-refractivity contribution in [3.63, 3.8) is 0 Å². The number of rotatable bonds is 5. The number of hydrogen-bond acceptors (Lipinski definition) is 4. The summed E-state index contributed by atoms with van der Waals surface area (Å²) in [5, 5.41) is 2.55. The molecule has 0 fully saturated rings. The Morgan fingerprint density at radius 2 is 1.88 bits per heavy atom. The van der Waals surface area contributed by atoms with Crippen LogP contribution in [0.15, 0.2) is 59.2 Å². The van der Waals surface area contributed by atoms with Crippen LogP contribution in [0.5, 0.6) is 0 Å². The molecule has 1 amide bonds. The van der Waals surface area contributed by atoms with Gasteiger partial charge in [0.05, 0.1) is 23.2 Å². The molecule has 0 aliphatic carbocycles. The Balaban J connectivity index is 1.65. The third-order valence-corrected chi connectivity index (χ3v) is 4.59. The molecule has 0 radical (unpaired) electrons. The van der Waals surface area contributed by atoms with E-state index in [-0.39, 0.29) is 23.7 Å². The lowest BCUT2D eigenvalue weighted by molar-refractivity contribution is -0.137. The van der Waals surface area contributed by atoms with Gasteiger partial charge in [-0.15, -0.1) is 11.3 Å². The predicted molar refractivity (Wildman–Crippen MR) is 89.1 cm³/mol. The van der Waals surface area contributed by atoms with Gasteiger partial charge in [0, 0.05) is 10.4 Å². The fourth-order valence-corrected chi connectivity index (χ4v) is 3.12. The zero-order chi connectivity index (χ0) is 18.7. The van der Waals surface area contributed by atoms with Gasteiger partial charge in [0.2, 0.25) is 5.78 Å². The fourth-order valence-electron chi connectivity index (χ4n) is 2.23. The molecule has 26 heavy (non-hydrogen) atoms. The lowest BCUT2D eigenvalue weighted by Crippen LogP contribution is -2.22. The Morgan fingerprint density at radius 3 is 2.58 bits per heavy atom. The van der Waals surface area contributed by atoms with Crippen LogP contribution in [0.25, 0.3) is 0 Å². The monoisotopic (exact) mass is 379 g/mol. The Morgan fingerprint density at radius 1 is 1.08 bits per heavy atom. The van der Waals surface area contributed by atoms with E-state index in [1.165, 1.54) is 29.7 Å². The minimum atomic E-state index is -4.51. The zero-order valence-corrected chi connectivity index (χ0v) is 14.0. The van der Waals surface area contributed by atoms with E-state index < -0.39 is 17.6 Å². The minimum absolute atomic E-state index is 0.0803. The maximum absolute atomic E-state index is 12.7. The first-order valence-electron chi connectivity index (χ1n) is 7.47. The smallest absolute Gasteiger partial charge is 0.416 e. The standard InChI is InChI=1S/C18H12F3NO3S/c19-18(20,21)12-4-1-3-11(9-12)17(24)22-10-13-6-7-15(26-13)16(23)14-5-2-8-25-14/h1-9H,10H2,(H,22,24). The lowest BCUT2D eigenvalue weighted by atomic mass is 10.1. The van der Waals surface area contributed by atoms with Gasteiger partial charge in [-0.3, -0.25) is 9.59 Å². The zero-order valence-electron chi connectivity index (χ0n) is 13.2. The van der Waals surface area contributed by atoms with Crippen molar-refractivity contribution in [3.05, 3.63) is 81.4 Å². The Kier molecular flexibility index (Phi) is 4.94. The molecular weight excluding hydrogens is 367 g/mol. The number of ketones is 1. The number of nitrogens with one attached hydrogen (secondary N) is 1. The Labute approximate surface area is 150 Å². The maximum Gasteiger partial charge on any atom is 0.416 e. The van der Waals surface area contributed by atoms with Crippen LogP contribution in [-0.4, -0.2) is 11.7 Å². The van der Waals surface area contributed by atoms with E-state index in [1.54, 1.807) is 24.3 Å². The summed E-state index contributed by atoms with van der Waals surface area (Å²) in [7, 11) is 0. The van der Waals surface area contributed by atoms with E-state index >= 15 is 0 Å². The highest BCUT2D eigenvalue weighted by Crippen LogP contribution is 2.29. The molecule has 0 bridgehead atoms. The molecule has 0 aliphatic heterocycles. The molecule has 3 aromatic rings. The van der Waals surface area contributed by atoms with Gasteiger partial charge in [-0.05, 0) is 42.5 Å². The summed E-state index contributed by atoms with van der Waals surface area (Å²) in [4.78, 5) is 25.3. The maximum atomic E-state index is 12.7. The van der Waals surface area contributed by atoms with Crippen molar-refractivity contribution >= 4 is 23.0 Å². The van der Waals surface area contributed by atoms with Gasteiger partial charge in [-0.1, -0.05) is 6.07 Å². The number of furan rings is 1. The summed E-state index contributed by atoms with van der Waals surface area (Å²) in [6.45, 7) is 0.102. The van der Waals surface area contributed by atoms with E-state index in [9.17, 15) is 22.8 Å². The van der Waals surface area contributed by atoms with Crippen LogP contribution in [0.3, 0.4) is 0 Å². The Bertz CT molecular complexity index is 929. The van der Waals surface area contributed by atoms with Crippen LogP contribution >= 0.6 is 11.3 Å². The van der Waals surface area contributed by atoms with Crippen LogP contribution in [0.4, 0.5) is 13.2 Å². The first-order chi connectivity index (χ1) is 12.3. The highest BCUT2D eigenvalue weighted by atomic mass is 32.1. The van der Waals surface area contributed by atoms with Crippen LogP contribution in [-0.2, 0) is 12.7 Å². The second-order valence-corrected chi connectivity index (χ2v) is 6.50. The third kappa shape index (κ3) is 4.02. The number of amides is 1. The fraction of sp³-hybridized carbons (Fsp3) is 0.111. The van der Waals surface area contributed by atoms with Crippen LogP contribution in [0.1, 0.15) is 36.2 Å². The number of hydrogen-bond donors (Lipinski definition) is 1. The topological polar surface area (TPSA) is 59.3 Å². The molecule has 8 heteroatoms. The van der Waals surface area contributed by atoms with Gasteiger partial charge in [0.15, 0.2) is 5.76 Å². The quantitative estimate of drug-likeness (QED) is 0.663. The van der Waals surface area contributed by atoms with E-state index in [0.717, 1.165) is 12.1 Å². The largest absolute Gasteiger partial charge is 0.461 e. The summed E-state index contributed by atoms with van der Waals surface area (Å²) >= 11 is 1.18. The SMILES string of the molecule is O=C(NCc1ccc(C(=O)c2ccco2)s1)c1cccc(C(F)(F)F)c1. The summed E-state index contributed by atoms with van der Waals surface area (Å²) in [6.07, 6.45) is -3.11. The van der Waals surface area contributed by atoms with Crippen molar-refractivity contribution in [3.8, 4) is 0 Å². The molecule has 0 saturated carbocycles. The van der Waals surface area contributed by atoms with Crippen molar-refractivity contribution in [2.75, 3.05) is 0 Å². The number of carbonyl (C=O) groups excluding carboxylic acids is 2. The first kappa shape index (κ1) is 17.9. The second kappa shape index (κ2) is 7.17. The molecule has 0 unspecified atom stereocenters. The first-order valence-corrected chi connectivity index (χ1v) is 8.28. The summed E-state index contributed by atoms with van der Waals surface area (Å²) < 4.78 is 43.2. The molecule has 3 rings (SSSR count). The molecule has 1 N–H and O–H groups in total. The predicted octanol–water partition coefficient (Wildman–Crippen LogP) is 4.52. The molecular formula is C18H12F3NO3S. The van der Waals surface area contributed by atoms with E-state index in [4.69, 9.17) is 4.42 Å². The number of carbonyl (C=O) groups is 2. The third-order valence-electron chi connectivity index (χ3n) is 3.51. The number of benzene rings is 1. The second-order valence-electron chi connectivity index (χ2n) is 5.33. The van der Waals surface area contributed by atoms with Gasteiger partial charge in [0.25, 0.3) is 5.91 Å². The van der Waals surface area contributed by atoms with Crippen molar-refractivity contribution < 1.29 is 27.2 Å². The Hall–Kier alpha value is -2.87. The van der Waals surface area contributed by atoms with Crippen molar-refractivity contribution in [2.45, 2.75) is 12.7 Å². The summed E-state index contributed by atoms with van der Waals surface area (Å²) in [5.74, 6) is -0.676. The van der Waals surface area contributed by atoms with Crippen molar-refractivity contribution in [1.29, 1.82) is 0 Å². The normalized spacial score (nSPS) is 11.3. The molecule has 4 nitrogen and oxygen atoms in total. The molecule has 1 aromatic carbocycles. The number of alkyl halides is 3. The van der Waals surface area contributed by atoms with Gasteiger partial charge in [0.1, 0.15) is 0 Å². The molecule has 134 valence electrons. The van der Waals surface area contributed by atoms with Crippen LogP contribution < -0.4 is 5.32 Å². The van der Waals surface area contributed by atoms with E-state index in [1.807, 2.05) is 0 Å². The van der Waals surface area contributed by atoms with Crippen LogP contribution in [0.2, 0.25) is 0 Å². The lowest BCUT2D eigenvalue weighted by Gasteiger charge is -2.08. The molecule has 2 heterocycles.